The Balaban J connectivity index is 5.05. The largest absolute Gasteiger partial charge is 0.444 e. The Morgan fingerprint density at radius 2 is 1.80 bits per heavy atom. The minimum Gasteiger partial charge on any atom is -0.444 e. The van der Waals surface area contributed by atoms with Crippen molar-refractivity contribution in [2.75, 3.05) is 0 Å². The van der Waals surface area contributed by atoms with Crippen LogP contribution in [0, 0.1) is 5.92 Å². The van der Waals surface area contributed by atoms with E-state index in [-0.39, 0.29) is 12.3 Å². The van der Waals surface area contributed by atoms with E-state index in [1.807, 2.05) is 13.8 Å². The number of carbonyl (C=O) groups excluding carboxylic acids is 2. The number of alkyl carbamates (subject to hydrolysis) is 1. The minimum atomic E-state index is -4.08. The zero-order valence-corrected chi connectivity index (χ0v) is 13.4. The second kappa shape index (κ2) is 6.88. The van der Waals surface area contributed by atoms with Gasteiger partial charge in [0.05, 0.1) is 0 Å². The van der Waals surface area contributed by atoms with E-state index >= 15 is 0 Å². The number of ether oxygens (including phenoxy) is 1. The molecule has 0 saturated carbocycles. The number of hydrogen-bond acceptors (Lipinski definition) is 5. The molecule has 1 amide bonds. The van der Waals surface area contributed by atoms with E-state index in [1.54, 1.807) is 20.8 Å². The van der Waals surface area contributed by atoms with Crippen LogP contribution in [0.2, 0.25) is 0 Å². The molecule has 0 rings (SSSR count). The summed E-state index contributed by atoms with van der Waals surface area (Å²) >= 11 is 0. The second-order valence-corrected chi connectivity index (χ2v) is 7.68. The molecule has 0 spiro atoms. The van der Waals surface area contributed by atoms with Gasteiger partial charge in [0, 0.05) is 5.41 Å². The fraction of sp³-hybridized carbons (Fsp3) is 0.692. The van der Waals surface area contributed by atoms with Gasteiger partial charge in [0.1, 0.15) is 11.6 Å². The van der Waals surface area contributed by atoms with Crippen LogP contribution in [-0.2, 0) is 19.4 Å². The molecule has 0 aliphatic carbocycles. The van der Waals surface area contributed by atoms with Gasteiger partial charge in [-0.1, -0.05) is 20.4 Å². The molecule has 1 atom stereocenters. The standard InChI is InChI=1S/C13H23NO5S/c1-7-20(17,18)11(15)10(8-9(2)3)14-12(16)19-13(4,5)6/h7,9-10H,1,8H2,2-6H3,(H,14,16)/t10-/m0/s1. The molecule has 0 fully saturated rings. The summed E-state index contributed by atoms with van der Waals surface area (Å²) in [5.41, 5.74) is -0.729. The van der Waals surface area contributed by atoms with E-state index in [2.05, 4.69) is 11.9 Å². The maximum absolute atomic E-state index is 11.9. The van der Waals surface area contributed by atoms with E-state index < -0.39 is 32.7 Å². The number of amides is 1. The first kappa shape index (κ1) is 18.6. The lowest BCUT2D eigenvalue weighted by molar-refractivity contribution is -0.113. The third kappa shape index (κ3) is 6.70. The number of sulfone groups is 1. The van der Waals surface area contributed by atoms with Crippen LogP contribution in [0.15, 0.2) is 12.0 Å². The van der Waals surface area contributed by atoms with Crippen molar-refractivity contribution in [1.82, 2.24) is 5.32 Å². The van der Waals surface area contributed by atoms with E-state index in [0.29, 0.717) is 5.41 Å². The van der Waals surface area contributed by atoms with Crippen LogP contribution in [0.1, 0.15) is 41.0 Å². The molecule has 0 aromatic heterocycles. The Labute approximate surface area is 120 Å². The van der Waals surface area contributed by atoms with Gasteiger partial charge in [0.2, 0.25) is 9.84 Å². The minimum absolute atomic E-state index is 0.0268. The predicted molar refractivity (Wildman–Crippen MR) is 76.7 cm³/mol. The van der Waals surface area contributed by atoms with Gasteiger partial charge < -0.3 is 10.1 Å². The highest BCUT2D eigenvalue weighted by atomic mass is 32.2. The first-order valence-electron chi connectivity index (χ1n) is 6.30. The van der Waals surface area contributed by atoms with Crippen molar-refractivity contribution in [3.63, 3.8) is 0 Å². The van der Waals surface area contributed by atoms with Crippen LogP contribution in [-0.4, -0.2) is 31.3 Å². The summed E-state index contributed by atoms with van der Waals surface area (Å²) < 4.78 is 28.1. The molecule has 1 N–H and O–H groups in total. The van der Waals surface area contributed by atoms with Crippen LogP contribution in [0.4, 0.5) is 4.79 Å². The molecule has 0 unspecified atom stereocenters. The normalized spacial score (nSPS) is 13.7. The van der Waals surface area contributed by atoms with Crippen molar-refractivity contribution in [3.05, 3.63) is 12.0 Å². The fourth-order valence-corrected chi connectivity index (χ4v) is 2.13. The van der Waals surface area contributed by atoms with Gasteiger partial charge in [-0.3, -0.25) is 4.79 Å². The molecule has 0 aromatic carbocycles. The van der Waals surface area contributed by atoms with E-state index in [0.717, 1.165) is 0 Å². The topological polar surface area (TPSA) is 89.5 Å². The molecule has 0 aliphatic rings. The van der Waals surface area contributed by atoms with E-state index in [1.165, 1.54) is 0 Å². The first-order chi connectivity index (χ1) is 8.89. The van der Waals surface area contributed by atoms with Gasteiger partial charge in [-0.15, -0.1) is 0 Å². The highest BCUT2D eigenvalue weighted by Gasteiger charge is 2.31. The summed E-state index contributed by atoms with van der Waals surface area (Å²) in [4.78, 5) is 23.6. The van der Waals surface area contributed by atoms with Crippen molar-refractivity contribution in [2.24, 2.45) is 5.92 Å². The Kier molecular flexibility index (Phi) is 6.40. The zero-order chi connectivity index (χ0) is 16.1. The fourth-order valence-electron chi connectivity index (χ4n) is 1.42. The summed E-state index contributed by atoms with van der Waals surface area (Å²) in [5.74, 6) is 0.0268. The number of carbonyl (C=O) groups is 2. The number of nitrogens with one attached hydrogen (secondary N) is 1. The smallest absolute Gasteiger partial charge is 0.408 e. The third-order valence-electron chi connectivity index (χ3n) is 2.18. The first-order valence-corrected chi connectivity index (χ1v) is 7.84. The van der Waals surface area contributed by atoms with Gasteiger partial charge >= 0.3 is 6.09 Å². The summed E-state index contributed by atoms with van der Waals surface area (Å²) in [6, 6.07) is -1.15. The monoisotopic (exact) mass is 305 g/mol. The lowest BCUT2D eigenvalue weighted by Crippen LogP contribution is -2.46. The quantitative estimate of drug-likeness (QED) is 0.839. The average molecular weight is 305 g/mol. The molecule has 7 heteroatoms. The average Bonchev–Trinajstić information content (AvgIpc) is 2.23. The summed E-state index contributed by atoms with van der Waals surface area (Å²) in [6.45, 7) is 11.8. The summed E-state index contributed by atoms with van der Waals surface area (Å²) in [7, 11) is -4.08. The van der Waals surface area contributed by atoms with Crippen LogP contribution >= 0.6 is 0 Å². The summed E-state index contributed by atoms with van der Waals surface area (Å²) in [5, 5.41) is 1.81. The van der Waals surface area contributed by atoms with Crippen molar-refractivity contribution >= 4 is 21.0 Å². The van der Waals surface area contributed by atoms with Gasteiger partial charge in [-0.2, -0.15) is 0 Å². The van der Waals surface area contributed by atoms with Crippen molar-refractivity contribution in [3.8, 4) is 0 Å². The van der Waals surface area contributed by atoms with Crippen molar-refractivity contribution in [2.45, 2.75) is 52.7 Å². The van der Waals surface area contributed by atoms with Crippen LogP contribution < -0.4 is 5.32 Å². The van der Waals surface area contributed by atoms with E-state index in [9.17, 15) is 18.0 Å². The predicted octanol–water partition coefficient (Wildman–Crippen LogP) is 2.01. The van der Waals surface area contributed by atoms with Gasteiger partial charge in [0.25, 0.3) is 5.12 Å². The maximum atomic E-state index is 11.9. The Morgan fingerprint density at radius 3 is 2.15 bits per heavy atom. The molecule has 20 heavy (non-hydrogen) atoms. The van der Waals surface area contributed by atoms with Crippen molar-refractivity contribution < 1.29 is 22.7 Å². The molecule has 0 saturated heterocycles. The highest BCUT2D eigenvalue weighted by Crippen LogP contribution is 2.12. The second-order valence-electron chi connectivity index (χ2n) is 5.86. The van der Waals surface area contributed by atoms with Crippen molar-refractivity contribution in [1.29, 1.82) is 0 Å². The van der Waals surface area contributed by atoms with Crippen LogP contribution in [0.5, 0.6) is 0 Å². The lowest BCUT2D eigenvalue weighted by atomic mass is 10.1. The number of rotatable bonds is 5. The molecular weight excluding hydrogens is 282 g/mol. The molecule has 0 heterocycles. The molecule has 0 aliphatic heterocycles. The third-order valence-corrected chi connectivity index (χ3v) is 3.47. The Hall–Kier alpha value is -1.37. The summed E-state index contributed by atoms with van der Waals surface area (Å²) in [6.07, 6.45) is -0.624. The lowest BCUT2D eigenvalue weighted by Gasteiger charge is -2.23. The van der Waals surface area contributed by atoms with Gasteiger partial charge in [-0.25, -0.2) is 13.2 Å². The molecule has 0 radical (unpaired) electrons. The molecule has 0 bridgehead atoms. The highest BCUT2D eigenvalue weighted by molar-refractivity contribution is 8.08. The molecule has 0 aromatic rings. The SMILES string of the molecule is C=CS(=O)(=O)C(=O)[C@H](CC(C)C)NC(=O)OC(C)(C)C. The van der Waals surface area contributed by atoms with Gasteiger partial charge in [0.15, 0.2) is 0 Å². The number of hydrogen-bond donors (Lipinski definition) is 1. The maximum Gasteiger partial charge on any atom is 0.408 e. The van der Waals surface area contributed by atoms with Gasteiger partial charge in [-0.05, 0) is 33.1 Å². The Morgan fingerprint density at radius 1 is 1.30 bits per heavy atom. The zero-order valence-electron chi connectivity index (χ0n) is 12.6. The van der Waals surface area contributed by atoms with Crippen LogP contribution in [0.3, 0.4) is 0 Å². The van der Waals surface area contributed by atoms with Crippen LogP contribution in [0.25, 0.3) is 0 Å². The molecule has 6 nitrogen and oxygen atoms in total. The molecular formula is C13H23NO5S. The Bertz CT molecular complexity index is 473. The molecule has 116 valence electrons. The van der Waals surface area contributed by atoms with E-state index in [4.69, 9.17) is 4.74 Å².